The molecule has 2 unspecified atom stereocenters. The van der Waals surface area contributed by atoms with E-state index in [1.54, 1.807) is 0 Å². The second-order valence-electron chi connectivity index (χ2n) is 4.96. The van der Waals surface area contributed by atoms with E-state index >= 15 is 0 Å². The number of rotatable bonds is 3. The highest BCUT2D eigenvalue weighted by atomic mass is 16.5. The number of ether oxygens (including phenoxy) is 1. The van der Waals surface area contributed by atoms with E-state index in [1.807, 2.05) is 6.92 Å². The van der Waals surface area contributed by atoms with Gasteiger partial charge in [-0.15, -0.1) is 10.2 Å². The van der Waals surface area contributed by atoms with E-state index in [0.29, 0.717) is 11.9 Å². The van der Waals surface area contributed by atoms with E-state index in [-0.39, 0.29) is 11.6 Å². The summed E-state index contributed by atoms with van der Waals surface area (Å²) in [4.78, 5) is 0. The molecule has 0 amide bonds. The van der Waals surface area contributed by atoms with Crippen molar-refractivity contribution >= 4 is 0 Å². The third-order valence-corrected chi connectivity index (χ3v) is 2.93. The second-order valence-corrected chi connectivity index (χ2v) is 4.96. The quantitative estimate of drug-likeness (QED) is 0.796. The van der Waals surface area contributed by atoms with Crippen LogP contribution >= 0.6 is 0 Å². The molecule has 1 aliphatic rings. The van der Waals surface area contributed by atoms with Gasteiger partial charge in [-0.05, 0) is 33.6 Å². The summed E-state index contributed by atoms with van der Waals surface area (Å²) in [6.45, 7) is 7.11. The van der Waals surface area contributed by atoms with E-state index < -0.39 is 0 Å². The smallest absolute Gasteiger partial charge is 0.191 e. The summed E-state index contributed by atoms with van der Waals surface area (Å²) in [6.07, 6.45) is 2.04. The summed E-state index contributed by atoms with van der Waals surface area (Å²) in [7, 11) is 0. The predicted molar refractivity (Wildman–Crippen MR) is 58.8 cm³/mol. The van der Waals surface area contributed by atoms with Crippen molar-refractivity contribution in [1.82, 2.24) is 25.9 Å². The Balaban J connectivity index is 1.90. The number of hydrogen-bond donors (Lipinski definition) is 2. The summed E-state index contributed by atoms with van der Waals surface area (Å²) in [6, 6.07) is 0.579. The van der Waals surface area contributed by atoms with Crippen molar-refractivity contribution in [1.29, 1.82) is 0 Å². The van der Waals surface area contributed by atoms with Gasteiger partial charge in [0, 0.05) is 12.6 Å². The molecular formula is C10H19N5O. The standard InChI is InChI=1S/C10H19N5O/c1-7(9-12-14-15-13-9)11-8-4-5-16-10(2,3)6-8/h7-8,11H,4-6H2,1-3H3,(H,12,13,14,15). The van der Waals surface area contributed by atoms with Crippen molar-refractivity contribution in [2.75, 3.05) is 6.61 Å². The minimum absolute atomic E-state index is 0.0348. The molecule has 0 aliphatic carbocycles. The van der Waals surface area contributed by atoms with Crippen molar-refractivity contribution in [3.63, 3.8) is 0 Å². The maximum Gasteiger partial charge on any atom is 0.191 e. The lowest BCUT2D eigenvalue weighted by molar-refractivity contribution is -0.0641. The maximum absolute atomic E-state index is 5.68. The minimum atomic E-state index is -0.0348. The summed E-state index contributed by atoms with van der Waals surface area (Å²) in [5, 5.41) is 17.5. The number of aromatic nitrogens is 4. The Bertz CT molecular complexity index is 324. The van der Waals surface area contributed by atoms with Gasteiger partial charge >= 0.3 is 0 Å². The molecule has 0 spiro atoms. The van der Waals surface area contributed by atoms with Crippen molar-refractivity contribution < 1.29 is 4.74 Å². The molecule has 1 aromatic rings. The number of aromatic amines is 1. The minimum Gasteiger partial charge on any atom is -0.375 e. The third-order valence-electron chi connectivity index (χ3n) is 2.93. The van der Waals surface area contributed by atoms with Crippen LogP contribution in [-0.4, -0.2) is 38.9 Å². The molecule has 2 heterocycles. The zero-order valence-electron chi connectivity index (χ0n) is 10.0. The molecule has 0 bridgehead atoms. The van der Waals surface area contributed by atoms with Crippen LogP contribution in [0.25, 0.3) is 0 Å². The first-order valence-electron chi connectivity index (χ1n) is 5.70. The Morgan fingerprint density at radius 1 is 1.56 bits per heavy atom. The fraction of sp³-hybridized carbons (Fsp3) is 0.900. The number of hydrogen-bond acceptors (Lipinski definition) is 5. The molecule has 0 aromatic carbocycles. The number of H-pyrrole nitrogens is 1. The fourth-order valence-electron chi connectivity index (χ4n) is 2.16. The Kier molecular flexibility index (Phi) is 3.20. The second kappa shape index (κ2) is 4.47. The highest BCUT2D eigenvalue weighted by Gasteiger charge is 2.29. The largest absolute Gasteiger partial charge is 0.375 e. The lowest BCUT2D eigenvalue weighted by Crippen LogP contribution is -2.44. The van der Waals surface area contributed by atoms with Gasteiger partial charge in [-0.2, -0.15) is 5.21 Å². The van der Waals surface area contributed by atoms with Gasteiger partial charge in [-0.3, -0.25) is 0 Å². The lowest BCUT2D eigenvalue weighted by Gasteiger charge is -2.36. The van der Waals surface area contributed by atoms with Crippen LogP contribution in [-0.2, 0) is 4.74 Å². The van der Waals surface area contributed by atoms with Gasteiger partial charge in [0.1, 0.15) is 0 Å². The van der Waals surface area contributed by atoms with E-state index in [1.165, 1.54) is 0 Å². The van der Waals surface area contributed by atoms with Crippen molar-refractivity contribution in [2.45, 2.75) is 51.3 Å². The van der Waals surface area contributed by atoms with E-state index in [4.69, 9.17) is 4.74 Å². The molecule has 1 aliphatic heterocycles. The van der Waals surface area contributed by atoms with Crippen LogP contribution in [0.15, 0.2) is 0 Å². The average molecular weight is 225 g/mol. The van der Waals surface area contributed by atoms with Crippen molar-refractivity contribution in [2.24, 2.45) is 0 Å². The number of nitrogens with zero attached hydrogens (tertiary/aromatic N) is 3. The van der Waals surface area contributed by atoms with Crippen molar-refractivity contribution in [3.05, 3.63) is 5.82 Å². The van der Waals surface area contributed by atoms with Gasteiger partial charge in [0.15, 0.2) is 5.82 Å². The zero-order valence-corrected chi connectivity index (χ0v) is 10.0. The molecule has 1 fully saturated rings. The van der Waals surface area contributed by atoms with Crippen LogP contribution in [0.1, 0.15) is 45.5 Å². The molecule has 2 atom stereocenters. The normalized spacial score (nSPS) is 26.6. The van der Waals surface area contributed by atoms with Gasteiger partial charge in [0.2, 0.25) is 0 Å². The summed E-state index contributed by atoms with van der Waals surface area (Å²) in [5.41, 5.74) is -0.0348. The Hall–Kier alpha value is -1.01. The van der Waals surface area contributed by atoms with E-state index in [2.05, 4.69) is 39.8 Å². The van der Waals surface area contributed by atoms with Gasteiger partial charge < -0.3 is 10.1 Å². The van der Waals surface area contributed by atoms with Crippen molar-refractivity contribution in [3.8, 4) is 0 Å². The topological polar surface area (TPSA) is 75.7 Å². The SMILES string of the molecule is CC(NC1CCOC(C)(C)C1)c1nn[nH]n1. The first kappa shape index (κ1) is 11.5. The van der Waals surface area contributed by atoms with Crippen LogP contribution in [0.3, 0.4) is 0 Å². The third kappa shape index (κ3) is 2.76. The molecule has 6 heteroatoms. The van der Waals surface area contributed by atoms with Crippen LogP contribution in [0, 0.1) is 0 Å². The van der Waals surface area contributed by atoms with E-state index in [0.717, 1.165) is 19.4 Å². The Morgan fingerprint density at radius 2 is 2.38 bits per heavy atom. The lowest BCUT2D eigenvalue weighted by atomic mass is 9.93. The summed E-state index contributed by atoms with van der Waals surface area (Å²) < 4.78 is 5.68. The molecule has 0 saturated carbocycles. The zero-order chi connectivity index (χ0) is 11.6. The van der Waals surface area contributed by atoms with Crippen LogP contribution in [0.5, 0.6) is 0 Å². The molecule has 2 N–H and O–H groups in total. The average Bonchev–Trinajstić information content (AvgIpc) is 2.68. The molecule has 6 nitrogen and oxygen atoms in total. The van der Waals surface area contributed by atoms with E-state index in [9.17, 15) is 0 Å². The highest BCUT2D eigenvalue weighted by Crippen LogP contribution is 2.25. The van der Waals surface area contributed by atoms with Gasteiger partial charge in [0.05, 0.1) is 11.6 Å². The highest BCUT2D eigenvalue weighted by molar-refractivity contribution is 4.91. The molecule has 16 heavy (non-hydrogen) atoms. The summed E-state index contributed by atoms with van der Waals surface area (Å²) >= 11 is 0. The monoisotopic (exact) mass is 225 g/mol. The molecule has 2 rings (SSSR count). The van der Waals surface area contributed by atoms with Gasteiger partial charge in [-0.25, -0.2) is 0 Å². The first-order chi connectivity index (χ1) is 7.57. The number of nitrogens with one attached hydrogen (secondary N) is 2. The molecule has 0 radical (unpaired) electrons. The summed E-state index contributed by atoms with van der Waals surface area (Å²) in [5.74, 6) is 0.712. The first-order valence-corrected chi connectivity index (χ1v) is 5.70. The molecule has 1 saturated heterocycles. The van der Waals surface area contributed by atoms with Crippen LogP contribution < -0.4 is 5.32 Å². The maximum atomic E-state index is 5.68. The number of tetrazole rings is 1. The van der Waals surface area contributed by atoms with Crippen LogP contribution in [0.2, 0.25) is 0 Å². The fourth-order valence-corrected chi connectivity index (χ4v) is 2.16. The van der Waals surface area contributed by atoms with Gasteiger partial charge in [-0.1, -0.05) is 5.21 Å². The Labute approximate surface area is 95.1 Å². The van der Waals surface area contributed by atoms with Crippen LogP contribution in [0.4, 0.5) is 0 Å². The molecular weight excluding hydrogens is 206 g/mol. The molecule has 1 aromatic heterocycles. The molecule has 90 valence electrons. The predicted octanol–water partition coefficient (Wildman–Crippen LogP) is 0.808. The van der Waals surface area contributed by atoms with Gasteiger partial charge in [0.25, 0.3) is 0 Å². The Morgan fingerprint density at radius 3 is 3.00 bits per heavy atom.